The first-order valence-corrected chi connectivity index (χ1v) is 7.94. The third kappa shape index (κ3) is 4.99. The van der Waals surface area contributed by atoms with Gasteiger partial charge in [-0.15, -0.1) is 0 Å². The van der Waals surface area contributed by atoms with Crippen molar-refractivity contribution >= 4 is 34.9 Å². The van der Waals surface area contributed by atoms with E-state index < -0.39 is 0 Å². The summed E-state index contributed by atoms with van der Waals surface area (Å²) in [6, 6.07) is 12.2. The number of nitrogens with one attached hydrogen (secondary N) is 3. The normalized spacial score (nSPS) is 11.5. The van der Waals surface area contributed by atoms with Gasteiger partial charge < -0.3 is 16.0 Å². The molecule has 0 heterocycles. The van der Waals surface area contributed by atoms with Crippen LogP contribution in [-0.2, 0) is 4.79 Å². The van der Waals surface area contributed by atoms with Gasteiger partial charge in [0.05, 0.1) is 6.04 Å². The fourth-order valence-corrected chi connectivity index (χ4v) is 2.35. The minimum atomic E-state index is -0.324. The molecule has 2 aromatic carbocycles. The van der Waals surface area contributed by atoms with Crippen molar-refractivity contribution in [3.63, 3.8) is 0 Å². The van der Waals surface area contributed by atoms with Crippen LogP contribution in [0.5, 0.6) is 0 Å². The second kappa shape index (κ2) is 7.84. The van der Waals surface area contributed by atoms with Crippen LogP contribution in [0.15, 0.2) is 42.5 Å². The summed E-state index contributed by atoms with van der Waals surface area (Å²) in [6.07, 6.45) is 0. The third-order valence-electron chi connectivity index (χ3n) is 3.52. The molecule has 0 aliphatic carbocycles. The van der Waals surface area contributed by atoms with E-state index >= 15 is 0 Å². The highest BCUT2D eigenvalue weighted by molar-refractivity contribution is 6.30. The molecular formula is C18H20ClN3O2. The zero-order valence-electron chi connectivity index (χ0n) is 13.8. The van der Waals surface area contributed by atoms with Gasteiger partial charge in [-0.05, 0) is 49.2 Å². The molecule has 2 aromatic rings. The lowest BCUT2D eigenvalue weighted by Gasteiger charge is -2.16. The van der Waals surface area contributed by atoms with Crippen LogP contribution in [0.3, 0.4) is 0 Å². The van der Waals surface area contributed by atoms with E-state index in [1.165, 1.54) is 6.92 Å². The van der Waals surface area contributed by atoms with E-state index in [0.717, 1.165) is 11.1 Å². The van der Waals surface area contributed by atoms with Crippen LogP contribution in [0.4, 0.5) is 16.2 Å². The molecule has 0 saturated heterocycles. The Kier molecular flexibility index (Phi) is 5.82. The standard InChI is InChI=1S/C18H20ClN3O2/c1-11-4-9-16(10-17(11)21-13(3)23)22-18(24)20-12(2)14-5-7-15(19)8-6-14/h4-10,12H,1-3H3,(H,21,23)(H2,20,22,24). The molecule has 0 saturated carbocycles. The molecule has 0 aliphatic heterocycles. The van der Waals surface area contributed by atoms with Gasteiger partial charge in [0.15, 0.2) is 0 Å². The summed E-state index contributed by atoms with van der Waals surface area (Å²) >= 11 is 5.86. The fourth-order valence-electron chi connectivity index (χ4n) is 2.22. The van der Waals surface area contributed by atoms with Crippen LogP contribution in [0, 0.1) is 6.92 Å². The van der Waals surface area contributed by atoms with E-state index in [0.29, 0.717) is 16.4 Å². The van der Waals surface area contributed by atoms with Crippen molar-refractivity contribution in [1.82, 2.24) is 5.32 Å². The molecule has 0 radical (unpaired) electrons. The van der Waals surface area contributed by atoms with Gasteiger partial charge in [0.2, 0.25) is 5.91 Å². The topological polar surface area (TPSA) is 70.2 Å². The average molecular weight is 346 g/mol. The average Bonchev–Trinajstić information content (AvgIpc) is 2.50. The maximum absolute atomic E-state index is 12.1. The molecule has 3 N–H and O–H groups in total. The Morgan fingerprint density at radius 2 is 1.71 bits per heavy atom. The number of carbonyl (C=O) groups is 2. The lowest BCUT2D eigenvalue weighted by atomic mass is 10.1. The van der Waals surface area contributed by atoms with E-state index in [2.05, 4.69) is 16.0 Å². The largest absolute Gasteiger partial charge is 0.331 e. The van der Waals surface area contributed by atoms with Crippen molar-refractivity contribution < 1.29 is 9.59 Å². The second-order valence-corrected chi connectivity index (χ2v) is 6.02. The molecule has 24 heavy (non-hydrogen) atoms. The van der Waals surface area contributed by atoms with Gasteiger partial charge in [0.25, 0.3) is 0 Å². The molecule has 2 rings (SSSR count). The number of urea groups is 1. The van der Waals surface area contributed by atoms with Crippen molar-refractivity contribution in [2.75, 3.05) is 10.6 Å². The Bertz CT molecular complexity index is 744. The monoisotopic (exact) mass is 345 g/mol. The third-order valence-corrected chi connectivity index (χ3v) is 3.78. The van der Waals surface area contributed by atoms with E-state index in [1.807, 2.05) is 32.0 Å². The highest BCUT2D eigenvalue weighted by Gasteiger charge is 2.10. The van der Waals surface area contributed by atoms with Crippen LogP contribution in [-0.4, -0.2) is 11.9 Å². The Hall–Kier alpha value is -2.53. The molecule has 0 spiro atoms. The molecule has 1 atom stereocenters. The number of rotatable bonds is 4. The van der Waals surface area contributed by atoms with Crippen molar-refractivity contribution in [2.45, 2.75) is 26.8 Å². The minimum absolute atomic E-state index is 0.156. The summed E-state index contributed by atoms with van der Waals surface area (Å²) in [5, 5.41) is 9.01. The number of halogens is 1. The predicted octanol–water partition coefficient (Wildman–Crippen LogP) is 4.49. The van der Waals surface area contributed by atoms with E-state index in [4.69, 9.17) is 11.6 Å². The number of benzene rings is 2. The number of hydrogen-bond donors (Lipinski definition) is 3. The molecule has 0 fully saturated rings. The van der Waals surface area contributed by atoms with Gasteiger partial charge in [0, 0.05) is 23.3 Å². The van der Waals surface area contributed by atoms with Crippen LogP contribution in [0.25, 0.3) is 0 Å². The summed E-state index contributed by atoms with van der Waals surface area (Å²) in [5.74, 6) is -0.156. The Morgan fingerprint density at radius 3 is 2.33 bits per heavy atom. The predicted molar refractivity (Wildman–Crippen MR) is 97.5 cm³/mol. The Morgan fingerprint density at radius 1 is 1.04 bits per heavy atom. The molecule has 0 aliphatic rings. The minimum Gasteiger partial charge on any atom is -0.331 e. The van der Waals surface area contributed by atoms with Crippen LogP contribution < -0.4 is 16.0 Å². The molecular weight excluding hydrogens is 326 g/mol. The van der Waals surface area contributed by atoms with Crippen molar-refractivity contribution in [2.24, 2.45) is 0 Å². The van der Waals surface area contributed by atoms with Crippen LogP contribution in [0.2, 0.25) is 5.02 Å². The maximum atomic E-state index is 12.1. The molecule has 3 amide bonds. The van der Waals surface area contributed by atoms with Gasteiger partial charge in [0.1, 0.15) is 0 Å². The summed E-state index contributed by atoms with van der Waals surface area (Å²) in [6.45, 7) is 5.22. The van der Waals surface area contributed by atoms with Gasteiger partial charge in [-0.25, -0.2) is 4.79 Å². The summed E-state index contributed by atoms with van der Waals surface area (Å²) < 4.78 is 0. The van der Waals surface area contributed by atoms with Gasteiger partial charge in [-0.3, -0.25) is 4.79 Å². The van der Waals surface area contributed by atoms with E-state index in [1.54, 1.807) is 24.3 Å². The Balaban J connectivity index is 2.01. The number of aryl methyl sites for hydroxylation is 1. The first kappa shape index (κ1) is 17.8. The molecule has 0 bridgehead atoms. The molecule has 126 valence electrons. The van der Waals surface area contributed by atoms with Gasteiger partial charge in [-0.1, -0.05) is 29.8 Å². The zero-order chi connectivity index (χ0) is 17.7. The fraction of sp³-hybridized carbons (Fsp3) is 0.222. The smallest absolute Gasteiger partial charge is 0.319 e. The zero-order valence-corrected chi connectivity index (χ0v) is 14.6. The molecule has 5 nitrogen and oxygen atoms in total. The number of hydrogen-bond acceptors (Lipinski definition) is 2. The summed E-state index contributed by atoms with van der Waals surface area (Å²) in [5.41, 5.74) is 3.15. The highest BCUT2D eigenvalue weighted by Crippen LogP contribution is 2.21. The summed E-state index contributed by atoms with van der Waals surface area (Å²) in [7, 11) is 0. The molecule has 6 heteroatoms. The molecule has 1 unspecified atom stereocenters. The number of anilines is 2. The first-order chi connectivity index (χ1) is 11.3. The van der Waals surface area contributed by atoms with Crippen LogP contribution >= 0.6 is 11.6 Å². The first-order valence-electron chi connectivity index (χ1n) is 7.56. The highest BCUT2D eigenvalue weighted by atomic mass is 35.5. The number of carbonyl (C=O) groups excluding carboxylic acids is 2. The quantitative estimate of drug-likeness (QED) is 0.764. The van der Waals surface area contributed by atoms with Crippen molar-refractivity contribution in [3.8, 4) is 0 Å². The number of amides is 3. The molecule has 0 aromatic heterocycles. The Labute approximate surface area is 146 Å². The second-order valence-electron chi connectivity index (χ2n) is 5.58. The van der Waals surface area contributed by atoms with Crippen LogP contribution in [0.1, 0.15) is 31.0 Å². The van der Waals surface area contributed by atoms with E-state index in [-0.39, 0.29) is 18.0 Å². The van der Waals surface area contributed by atoms with E-state index in [9.17, 15) is 9.59 Å². The lowest BCUT2D eigenvalue weighted by molar-refractivity contribution is -0.114. The van der Waals surface area contributed by atoms with Crippen molar-refractivity contribution in [1.29, 1.82) is 0 Å². The SMILES string of the molecule is CC(=O)Nc1cc(NC(=O)NC(C)c2ccc(Cl)cc2)ccc1C. The van der Waals surface area contributed by atoms with Crippen molar-refractivity contribution in [3.05, 3.63) is 58.6 Å². The lowest BCUT2D eigenvalue weighted by Crippen LogP contribution is -2.31. The van der Waals surface area contributed by atoms with Gasteiger partial charge in [-0.2, -0.15) is 0 Å². The maximum Gasteiger partial charge on any atom is 0.319 e. The van der Waals surface area contributed by atoms with Gasteiger partial charge >= 0.3 is 6.03 Å². The summed E-state index contributed by atoms with van der Waals surface area (Å²) in [4.78, 5) is 23.4.